The number of hydrogen-bond acceptors (Lipinski definition) is 7. The molecule has 0 aliphatic rings. The van der Waals surface area contributed by atoms with Crippen molar-refractivity contribution in [3.63, 3.8) is 0 Å². The van der Waals surface area contributed by atoms with E-state index in [4.69, 9.17) is 9.47 Å². The van der Waals surface area contributed by atoms with Crippen LogP contribution in [0.3, 0.4) is 0 Å². The standard InChI is InChI=1S/C23H20N2O7/c1-3-31-22(27)17-10-18(13-20(12-17)25(29)30)23(28)32-14(2)21(26)24-19-9-8-15-6-4-5-7-16(15)11-19/h4-14H,3H2,1-2H3,(H,24,26). The molecule has 0 aliphatic carbocycles. The number of rotatable bonds is 7. The van der Waals surface area contributed by atoms with Crippen LogP contribution in [-0.2, 0) is 14.3 Å². The SMILES string of the molecule is CCOC(=O)c1cc(C(=O)OC(C)C(=O)Nc2ccc3ccccc3c2)cc([N+](=O)[O-])c1. The van der Waals surface area contributed by atoms with Gasteiger partial charge in [0, 0.05) is 17.8 Å². The molecule has 3 aromatic carbocycles. The van der Waals surface area contributed by atoms with Crippen molar-refractivity contribution in [2.45, 2.75) is 20.0 Å². The number of ether oxygens (including phenoxy) is 2. The Morgan fingerprint density at radius 2 is 1.62 bits per heavy atom. The monoisotopic (exact) mass is 436 g/mol. The molecule has 1 unspecified atom stereocenters. The third-order valence-electron chi connectivity index (χ3n) is 4.55. The van der Waals surface area contributed by atoms with Gasteiger partial charge in [-0.2, -0.15) is 0 Å². The van der Waals surface area contributed by atoms with Gasteiger partial charge in [-0.05, 0) is 42.8 Å². The van der Waals surface area contributed by atoms with Crippen LogP contribution in [0.5, 0.6) is 0 Å². The fourth-order valence-corrected chi connectivity index (χ4v) is 2.96. The van der Waals surface area contributed by atoms with Gasteiger partial charge in [-0.25, -0.2) is 9.59 Å². The van der Waals surface area contributed by atoms with E-state index >= 15 is 0 Å². The van der Waals surface area contributed by atoms with E-state index in [-0.39, 0.29) is 17.7 Å². The first-order valence-corrected chi connectivity index (χ1v) is 9.75. The topological polar surface area (TPSA) is 125 Å². The lowest BCUT2D eigenvalue weighted by molar-refractivity contribution is -0.384. The summed E-state index contributed by atoms with van der Waals surface area (Å²) in [6, 6.07) is 16.1. The Bertz CT molecular complexity index is 1210. The van der Waals surface area contributed by atoms with Gasteiger partial charge in [0.05, 0.1) is 22.7 Å². The summed E-state index contributed by atoms with van der Waals surface area (Å²) < 4.78 is 10.00. The molecular weight excluding hydrogens is 416 g/mol. The Hall–Kier alpha value is -4.27. The Morgan fingerprint density at radius 1 is 0.969 bits per heavy atom. The van der Waals surface area contributed by atoms with Gasteiger partial charge in [-0.1, -0.05) is 30.3 Å². The van der Waals surface area contributed by atoms with Gasteiger partial charge >= 0.3 is 11.9 Å². The van der Waals surface area contributed by atoms with Crippen LogP contribution in [0.1, 0.15) is 34.6 Å². The maximum absolute atomic E-state index is 12.5. The summed E-state index contributed by atoms with van der Waals surface area (Å²) >= 11 is 0. The predicted octanol–water partition coefficient (Wildman–Crippen LogP) is 4.11. The van der Waals surface area contributed by atoms with Crippen molar-refractivity contribution in [2.24, 2.45) is 0 Å². The highest BCUT2D eigenvalue weighted by Crippen LogP contribution is 2.21. The summed E-state index contributed by atoms with van der Waals surface area (Å²) in [4.78, 5) is 47.4. The minimum Gasteiger partial charge on any atom is -0.462 e. The molecule has 32 heavy (non-hydrogen) atoms. The maximum atomic E-state index is 12.5. The zero-order valence-corrected chi connectivity index (χ0v) is 17.4. The lowest BCUT2D eigenvalue weighted by Gasteiger charge is -2.14. The first-order valence-electron chi connectivity index (χ1n) is 9.75. The van der Waals surface area contributed by atoms with E-state index in [1.807, 2.05) is 30.3 Å². The molecule has 1 N–H and O–H groups in total. The molecule has 0 saturated heterocycles. The zero-order chi connectivity index (χ0) is 23.3. The molecular formula is C23H20N2O7. The summed E-state index contributed by atoms with van der Waals surface area (Å²) in [5, 5.41) is 15.8. The highest BCUT2D eigenvalue weighted by molar-refractivity contribution is 6.00. The second-order valence-electron chi connectivity index (χ2n) is 6.84. The van der Waals surface area contributed by atoms with Gasteiger partial charge in [0.25, 0.3) is 11.6 Å². The molecule has 0 fully saturated rings. The van der Waals surface area contributed by atoms with Crippen molar-refractivity contribution in [2.75, 3.05) is 11.9 Å². The summed E-state index contributed by atoms with van der Waals surface area (Å²) in [6.45, 7) is 3.02. The largest absolute Gasteiger partial charge is 0.462 e. The van der Waals surface area contributed by atoms with E-state index in [1.54, 1.807) is 19.1 Å². The highest BCUT2D eigenvalue weighted by atomic mass is 16.6. The molecule has 0 saturated carbocycles. The number of esters is 2. The number of nitrogens with zero attached hydrogens (tertiary/aromatic N) is 1. The fraction of sp³-hybridized carbons (Fsp3) is 0.174. The number of carbonyl (C=O) groups is 3. The smallest absolute Gasteiger partial charge is 0.339 e. The van der Waals surface area contributed by atoms with Crippen molar-refractivity contribution in [3.05, 3.63) is 81.9 Å². The van der Waals surface area contributed by atoms with E-state index < -0.39 is 34.6 Å². The Kier molecular flexibility index (Phi) is 6.79. The van der Waals surface area contributed by atoms with Crippen LogP contribution in [0, 0.1) is 10.1 Å². The van der Waals surface area contributed by atoms with Gasteiger partial charge < -0.3 is 14.8 Å². The van der Waals surface area contributed by atoms with E-state index in [9.17, 15) is 24.5 Å². The Balaban J connectivity index is 1.74. The molecule has 0 aliphatic heterocycles. The van der Waals surface area contributed by atoms with Crippen LogP contribution in [0.4, 0.5) is 11.4 Å². The van der Waals surface area contributed by atoms with Crippen molar-refractivity contribution >= 4 is 40.0 Å². The number of anilines is 1. The number of carbonyl (C=O) groups excluding carboxylic acids is 3. The van der Waals surface area contributed by atoms with Crippen molar-refractivity contribution in [1.82, 2.24) is 0 Å². The minimum absolute atomic E-state index is 0.0628. The average molecular weight is 436 g/mol. The van der Waals surface area contributed by atoms with Gasteiger partial charge in [-0.15, -0.1) is 0 Å². The van der Waals surface area contributed by atoms with E-state index in [1.165, 1.54) is 6.92 Å². The normalized spacial score (nSPS) is 11.4. The minimum atomic E-state index is -1.20. The molecule has 0 heterocycles. The molecule has 9 heteroatoms. The van der Waals surface area contributed by atoms with Crippen LogP contribution in [-0.4, -0.2) is 35.5 Å². The maximum Gasteiger partial charge on any atom is 0.339 e. The van der Waals surface area contributed by atoms with Crippen LogP contribution in [0.25, 0.3) is 10.8 Å². The lowest BCUT2D eigenvalue weighted by Crippen LogP contribution is -2.30. The van der Waals surface area contributed by atoms with E-state index in [2.05, 4.69) is 5.32 Å². The number of nitro groups is 1. The predicted molar refractivity (Wildman–Crippen MR) is 117 cm³/mol. The average Bonchev–Trinajstić information content (AvgIpc) is 2.78. The number of fused-ring (bicyclic) bond motifs is 1. The van der Waals surface area contributed by atoms with E-state index in [0.29, 0.717) is 5.69 Å². The first-order chi connectivity index (χ1) is 15.3. The molecule has 0 spiro atoms. The molecule has 1 atom stereocenters. The molecule has 3 aromatic rings. The molecule has 1 amide bonds. The van der Waals surface area contributed by atoms with Crippen LogP contribution in [0.2, 0.25) is 0 Å². The number of non-ortho nitro benzene ring substituents is 1. The van der Waals surface area contributed by atoms with Gasteiger partial charge in [-0.3, -0.25) is 14.9 Å². The number of hydrogen-bond donors (Lipinski definition) is 1. The Morgan fingerprint density at radius 3 is 2.28 bits per heavy atom. The lowest BCUT2D eigenvalue weighted by atomic mass is 10.1. The number of nitro benzene ring substituents is 1. The van der Waals surface area contributed by atoms with Gasteiger partial charge in [0.1, 0.15) is 0 Å². The molecule has 164 valence electrons. The van der Waals surface area contributed by atoms with Crippen molar-refractivity contribution in [1.29, 1.82) is 0 Å². The summed E-state index contributed by atoms with van der Waals surface area (Å²) in [5.41, 5.74) is -0.360. The number of benzene rings is 3. The molecule has 0 radical (unpaired) electrons. The highest BCUT2D eigenvalue weighted by Gasteiger charge is 2.23. The number of nitrogens with one attached hydrogen (secondary N) is 1. The second kappa shape index (κ2) is 9.69. The van der Waals surface area contributed by atoms with Crippen LogP contribution in [0.15, 0.2) is 60.7 Å². The quantitative estimate of drug-likeness (QED) is 0.336. The summed E-state index contributed by atoms with van der Waals surface area (Å²) in [7, 11) is 0. The third-order valence-corrected chi connectivity index (χ3v) is 4.55. The van der Waals surface area contributed by atoms with Crippen molar-refractivity contribution < 1.29 is 28.8 Å². The fourth-order valence-electron chi connectivity index (χ4n) is 2.96. The first kappa shape index (κ1) is 22.4. The summed E-state index contributed by atoms with van der Waals surface area (Å²) in [6.07, 6.45) is -1.20. The Labute approximate surface area is 183 Å². The molecule has 9 nitrogen and oxygen atoms in total. The van der Waals surface area contributed by atoms with Gasteiger partial charge in [0.2, 0.25) is 0 Å². The van der Waals surface area contributed by atoms with Crippen LogP contribution >= 0.6 is 0 Å². The van der Waals surface area contributed by atoms with Gasteiger partial charge in [0.15, 0.2) is 6.10 Å². The molecule has 0 aromatic heterocycles. The second-order valence-corrected chi connectivity index (χ2v) is 6.84. The summed E-state index contributed by atoms with van der Waals surface area (Å²) in [5.74, 6) is -2.38. The van der Waals surface area contributed by atoms with Crippen molar-refractivity contribution in [3.8, 4) is 0 Å². The zero-order valence-electron chi connectivity index (χ0n) is 17.4. The molecule has 0 bridgehead atoms. The molecule has 3 rings (SSSR count). The number of amides is 1. The van der Waals surface area contributed by atoms with E-state index in [0.717, 1.165) is 29.0 Å². The van der Waals surface area contributed by atoms with Crippen LogP contribution < -0.4 is 5.32 Å². The third kappa shape index (κ3) is 5.25.